The summed E-state index contributed by atoms with van der Waals surface area (Å²) >= 11 is 0. The Hall–Kier alpha value is -1.67. The van der Waals surface area contributed by atoms with Crippen LogP contribution in [0.4, 0.5) is 0 Å². The van der Waals surface area contributed by atoms with E-state index < -0.39 is 29.4 Å². The number of hydrogen-bond donors (Lipinski definition) is 4. The van der Waals surface area contributed by atoms with E-state index >= 15 is 0 Å². The van der Waals surface area contributed by atoms with Crippen molar-refractivity contribution in [3.05, 3.63) is 0 Å². The average molecular weight is 549 g/mol. The summed E-state index contributed by atoms with van der Waals surface area (Å²) < 4.78 is 0. The SMILES string of the molecule is C[C@H](C(=O)N[C@@H](CC1CCCCC1)[C@H](O)CN1C[C@H]2CCCC[C@H]2C[C@@H]1C(=O)NC(C)(C)C)C(C)(C)C(N)=O. The Morgan fingerprint density at radius 2 is 1.54 bits per heavy atom. The fraction of sp³-hybridized carbons (Fsp3) is 0.903. The molecule has 0 aromatic rings. The van der Waals surface area contributed by atoms with Crippen molar-refractivity contribution < 1.29 is 19.5 Å². The molecule has 0 radical (unpaired) electrons. The van der Waals surface area contributed by atoms with E-state index in [1.54, 1.807) is 20.8 Å². The third-order valence-electron chi connectivity index (χ3n) is 9.94. The number of β-amino-alcohol motifs (C(OH)–C–C–N with tert-alkyl or cyclic N) is 1. The Labute approximate surface area is 236 Å². The number of fused-ring (bicyclic) bond motifs is 1. The first-order valence-corrected chi connectivity index (χ1v) is 15.5. The lowest BCUT2D eigenvalue weighted by atomic mass is 9.72. The number of aliphatic hydroxyl groups excluding tert-OH is 1. The van der Waals surface area contributed by atoms with Crippen LogP contribution in [0.1, 0.15) is 112 Å². The summed E-state index contributed by atoms with van der Waals surface area (Å²) in [4.78, 5) is 41.0. The summed E-state index contributed by atoms with van der Waals surface area (Å²) in [5.74, 6) is 0.180. The molecule has 3 rings (SSSR count). The predicted molar refractivity (Wildman–Crippen MR) is 155 cm³/mol. The van der Waals surface area contributed by atoms with Crippen LogP contribution in [0.2, 0.25) is 0 Å². The van der Waals surface area contributed by atoms with Gasteiger partial charge in [0.1, 0.15) is 0 Å². The molecule has 1 aliphatic heterocycles. The van der Waals surface area contributed by atoms with Gasteiger partial charge < -0.3 is 21.5 Å². The molecule has 0 aromatic carbocycles. The van der Waals surface area contributed by atoms with Gasteiger partial charge in [-0.05, 0) is 57.8 Å². The van der Waals surface area contributed by atoms with Gasteiger partial charge in [-0.2, -0.15) is 0 Å². The number of amides is 3. The maximum atomic E-state index is 13.5. The molecule has 2 saturated carbocycles. The highest BCUT2D eigenvalue weighted by Gasteiger charge is 2.43. The minimum absolute atomic E-state index is 0.0309. The van der Waals surface area contributed by atoms with Crippen LogP contribution >= 0.6 is 0 Å². The number of rotatable bonds is 10. The molecule has 0 aromatic heterocycles. The van der Waals surface area contributed by atoms with Crippen molar-refractivity contribution in [1.29, 1.82) is 0 Å². The van der Waals surface area contributed by atoms with Gasteiger partial charge >= 0.3 is 0 Å². The number of nitrogens with one attached hydrogen (secondary N) is 2. The van der Waals surface area contributed by atoms with Crippen LogP contribution in [-0.4, -0.2) is 64.5 Å². The van der Waals surface area contributed by atoms with Crippen LogP contribution in [0.3, 0.4) is 0 Å². The van der Waals surface area contributed by atoms with E-state index in [4.69, 9.17) is 5.73 Å². The van der Waals surface area contributed by atoms with Crippen LogP contribution in [0, 0.1) is 29.1 Å². The summed E-state index contributed by atoms with van der Waals surface area (Å²) in [6, 6.07) is -0.723. The minimum Gasteiger partial charge on any atom is -0.390 e. The highest BCUT2D eigenvalue weighted by Crippen LogP contribution is 2.39. The van der Waals surface area contributed by atoms with E-state index in [0.29, 0.717) is 30.7 Å². The number of carbonyl (C=O) groups excluding carboxylic acids is 3. The fourth-order valence-electron chi connectivity index (χ4n) is 6.94. The van der Waals surface area contributed by atoms with Crippen LogP contribution in [0.5, 0.6) is 0 Å². The molecule has 0 bridgehead atoms. The molecule has 0 spiro atoms. The Bertz CT molecular complexity index is 848. The van der Waals surface area contributed by atoms with Gasteiger partial charge in [0.25, 0.3) is 0 Å². The van der Waals surface area contributed by atoms with Gasteiger partial charge in [0.05, 0.1) is 23.6 Å². The lowest BCUT2D eigenvalue weighted by Gasteiger charge is -2.47. The summed E-state index contributed by atoms with van der Waals surface area (Å²) in [6.45, 7) is 12.3. The van der Waals surface area contributed by atoms with E-state index in [1.165, 1.54) is 44.9 Å². The van der Waals surface area contributed by atoms with Gasteiger partial charge in [0, 0.05) is 24.5 Å². The van der Waals surface area contributed by atoms with Crippen molar-refractivity contribution in [2.24, 2.45) is 34.8 Å². The Balaban J connectivity index is 1.79. The topological polar surface area (TPSA) is 125 Å². The van der Waals surface area contributed by atoms with E-state index in [1.807, 2.05) is 20.8 Å². The third-order valence-corrected chi connectivity index (χ3v) is 9.94. The molecule has 0 unspecified atom stereocenters. The molecule has 3 amide bonds. The molecule has 8 heteroatoms. The second-order valence-electron chi connectivity index (χ2n) is 14.5. The lowest BCUT2D eigenvalue weighted by molar-refractivity contribution is -0.139. The Morgan fingerprint density at radius 1 is 0.949 bits per heavy atom. The normalized spacial score (nSPS) is 27.6. The second kappa shape index (κ2) is 13.3. The molecule has 2 aliphatic carbocycles. The Kier molecular flexibility index (Phi) is 10.9. The van der Waals surface area contributed by atoms with Crippen molar-refractivity contribution in [2.75, 3.05) is 13.1 Å². The first-order chi connectivity index (χ1) is 18.2. The van der Waals surface area contributed by atoms with Crippen molar-refractivity contribution in [2.45, 2.75) is 136 Å². The summed E-state index contributed by atoms with van der Waals surface area (Å²) in [5, 5.41) is 18.0. The molecule has 224 valence electrons. The molecule has 6 atom stereocenters. The Morgan fingerprint density at radius 3 is 2.13 bits per heavy atom. The molecule has 8 nitrogen and oxygen atoms in total. The summed E-state index contributed by atoms with van der Waals surface area (Å²) in [7, 11) is 0. The number of aliphatic hydroxyl groups is 1. The largest absolute Gasteiger partial charge is 0.390 e. The smallest absolute Gasteiger partial charge is 0.237 e. The number of hydrogen-bond acceptors (Lipinski definition) is 5. The van der Waals surface area contributed by atoms with Crippen LogP contribution in [0.15, 0.2) is 0 Å². The standard InChI is InChI=1S/C31H56N4O4/c1-20(31(5,6)29(32)39)27(37)33-24(16-21-12-8-7-9-13-21)26(36)19-35-18-23-15-11-10-14-22(23)17-25(35)28(38)34-30(2,3)4/h20-26,36H,7-19H2,1-6H3,(H2,32,39)(H,33,37)(H,34,38)/t20-,22+,23-,24+,25-,26-/m1/s1. The molecule has 3 aliphatic rings. The monoisotopic (exact) mass is 548 g/mol. The number of carbonyl (C=O) groups is 3. The van der Waals surface area contributed by atoms with Crippen molar-refractivity contribution >= 4 is 17.7 Å². The van der Waals surface area contributed by atoms with Gasteiger partial charge in [0.15, 0.2) is 0 Å². The average Bonchev–Trinajstić information content (AvgIpc) is 2.86. The number of piperidine rings is 1. The highest BCUT2D eigenvalue weighted by molar-refractivity contribution is 5.89. The van der Waals surface area contributed by atoms with Gasteiger partial charge in [-0.3, -0.25) is 19.3 Å². The zero-order valence-electron chi connectivity index (χ0n) is 25.4. The fourth-order valence-corrected chi connectivity index (χ4v) is 6.94. The maximum Gasteiger partial charge on any atom is 0.237 e. The molecule has 5 N–H and O–H groups in total. The van der Waals surface area contributed by atoms with Gasteiger partial charge in [-0.25, -0.2) is 0 Å². The lowest BCUT2D eigenvalue weighted by Crippen LogP contribution is -2.60. The molecule has 3 fully saturated rings. The minimum atomic E-state index is -0.997. The summed E-state index contributed by atoms with van der Waals surface area (Å²) in [5.41, 5.74) is 4.28. The quantitative estimate of drug-likeness (QED) is 0.331. The maximum absolute atomic E-state index is 13.5. The highest BCUT2D eigenvalue weighted by atomic mass is 16.3. The zero-order valence-corrected chi connectivity index (χ0v) is 25.4. The zero-order chi connectivity index (χ0) is 29.0. The second-order valence-corrected chi connectivity index (χ2v) is 14.5. The van der Waals surface area contributed by atoms with E-state index in [2.05, 4.69) is 15.5 Å². The first kappa shape index (κ1) is 31.9. The predicted octanol–water partition coefficient (Wildman–Crippen LogP) is 3.75. The van der Waals surface area contributed by atoms with Crippen LogP contribution in [0.25, 0.3) is 0 Å². The molecule has 1 saturated heterocycles. The molecule has 1 heterocycles. The van der Waals surface area contributed by atoms with E-state index in [-0.39, 0.29) is 23.4 Å². The number of primary amides is 1. The molecular weight excluding hydrogens is 492 g/mol. The van der Waals surface area contributed by atoms with Gasteiger partial charge in [-0.15, -0.1) is 0 Å². The third kappa shape index (κ3) is 8.66. The van der Waals surface area contributed by atoms with Gasteiger partial charge in [0.2, 0.25) is 17.7 Å². The molecular formula is C31H56N4O4. The number of likely N-dealkylation sites (tertiary alicyclic amines) is 1. The van der Waals surface area contributed by atoms with Crippen molar-refractivity contribution in [1.82, 2.24) is 15.5 Å². The first-order valence-electron chi connectivity index (χ1n) is 15.5. The van der Waals surface area contributed by atoms with Gasteiger partial charge in [-0.1, -0.05) is 72.1 Å². The number of nitrogens with zero attached hydrogens (tertiary/aromatic N) is 1. The summed E-state index contributed by atoms with van der Waals surface area (Å²) in [6.07, 6.45) is 11.3. The van der Waals surface area contributed by atoms with E-state index in [0.717, 1.165) is 25.8 Å². The van der Waals surface area contributed by atoms with Crippen LogP contribution < -0.4 is 16.4 Å². The van der Waals surface area contributed by atoms with Crippen molar-refractivity contribution in [3.63, 3.8) is 0 Å². The van der Waals surface area contributed by atoms with E-state index in [9.17, 15) is 19.5 Å². The van der Waals surface area contributed by atoms with Crippen LogP contribution in [-0.2, 0) is 14.4 Å². The van der Waals surface area contributed by atoms with Crippen molar-refractivity contribution in [3.8, 4) is 0 Å². The number of nitrogens with two attached hydrogens (primary N) is 1. The molecule has 39 heavy (non-hydrogen) atoms.